The van der Waals surface area contributed by atoms with Gasteiger partial charge in [-0.3, -0.25) is 4.79 Å². The zero-order chi connectivity index (χ0) is 16.3. The van der Waals surface area contributed by atoms with Crippen LogP contribution in [0.2, 0.25) is 0 Å². The van der Waals surface area contributed by atoms with E-state index < -0.39 is 6.10 Å². The molecule has 1 saturated carbocycles. The largest absolute Gasteiger partial charge is 0.392 e. The molecule has 0 aromatic carbocycles. The molecule has 0 aliphatic heterocycles. The summed E-state index contributed by atoms with van der Waals surface area (Å²) in [5.74, 6) is 0.00122. The summed E-state index contributed by atoms with van der Waals surface area (Å²) in [5.41, 5.74) is 1.70. The van der Waals surface area contributed by atoms with E-state index in [0.717, 1.165) is 24.0 Å². The van der Waals surface area contributed by atoms with Crippen LogP contribution in [0, 0.1) is 34.0 Å². The van der Waals surface area contributed by atoms with Gasteiger partial charge in [-0.15, -0.1) is 0 Å². The average Bonchev–Trinajstić information content (AvgIpc) is 2.46. The number of Topliss-reactive ketones (excluding diaryl/α,β-unsaturated/α-hetero) is 1. The fourth-order valence-electron chi connectivity index (χ4n) is 4.95. The van der Waals surface area contributed by atoms with Crippen molar-refractivity contribution in [2.24, 2.45) is 22.7 Å². The van der Waals surface area contributed by atoms with Crippen molar-refractivity contribution in [2.75, 3.05) is 0 Å². The molecule has 0 radical (unpaired) electrons. The molecule has 3 aliphatic carbocycles. The molecular weight excluding hydrogens is 274 g/mol. The Morgan fingerprint density at radius 1 is 1.45 bits per heavy atom. The fraction of sp³-hybridized carbons (Fsp3) is 0.579. The van der Waals surface area contributed by atoms with E-state index in [4.69, 9.17) is 0 Å². The second kappa shape index (κ2) is 4.67. The molecule has 0 amide bonds. The SMILES string of the molecule is C=C1C=C2C(C)(CCC3[C@@H](C)C(=O)C(C#N)=C[C@]23C)[C@H](O)C1. The molecule has 1 N–H and O–H groups in total. The molecule has 0 bridgehead atoms. The zero-order valence-corrected chi connectivity index (χ0v) is 13.5. The van der Waals surface area contributed by atoms with Gasteiger partial charge in [0, 0.05) is 16.7 Å². The summed E-state index contributed by atoms with van der Waals surface area (Å²) >= 11 is 0. The van der Waals surface area contributed by atoms with Gasteiger partial charge in [0.25, 0.3) is 0 Å². The van der Waals surface area contributed by atoms with Crippen molar-refractivity contribution in [3.05, 3.63) is 35.5 Å². The molecule has 0 saturated heterocycles. The van der Waals surface area contributed by atoms with Crippen molar-refractivity contribution >= 4 is 5.78 Å². The summed E-state index contributed by atoms with van der Waals surface area (Å²) < 4.78 is 0. The predicted molar refractivity (Wildman–Crippen MR) is 84.7 cm³/mol. The normalized spacial score (nSPS) is 44.4. The minimum Gasteiger partial charge on any atom is -0.392 e. The van der Waals surface area contributed by atoms with Gasteiger partial charge in [-0.1, -0.05) is 50.6 Å². The number of carbonyl (C=O) groups is 1. The highest BCUT2D eigenvalue weighted by Crippen LogP contribution is 2.61. The Balaban J connectivity index is 2.22. The lowest BCUT2D eigenvalue weighted by Gasteiger charge is -2.57. The maximum absolute atomic E-state index is 12.3. The molecule has 0 heterocycles. The van der Waals surface area contributed by atoms with Gasteiger partial charge in [0.05, 0.1) is 11.7 Å². The average molecular weight is 297 g/mol. The van der Waals surface area contributed by atoms with Crippen LogP contribution in [0.5, 0.6) is 0 Å². The molecule has 22 heavy (non-hydrogen) atoms. The number of aliphatic hydroxyl groups is 1. The van der Waals surface area contributed by atoms with E-state index in [9.17, 15) is 15.2 Å². The van der Waals surface area contributed by atoms with E-state index >= 15 is 0 Å². The van der Waals surface area contributed by atoms with Crippen molar-refractivity contribution in [1.82, 2.24) is 0 Å². The Bertz CT molecular complexity index is 665. The first-order chi connectivity index (χ1) is 10.2. The first kappa shape index (κ1) is 15.2. The molecule has 3 aliphatic rings. The fourth-order valence-corrected chi connectivity index (χ4v) is 4.95. The van der Waals surface area contributed by atoms with Crippen LogP contribution in [0.3, 0.4) is 0 Å². The molecule has 3 nitrogen and oxygen atoms in total. The van der Waals surface area contributed by atoms with Gasteiger partial charge in [-0.2, -0.15) is 5.26 Å². The van der Waals surface area contributed by atoms with Crippen LogP contribution in [0.15, 0.2) is 35.5 Å². The maximum atomic E-state index is 12.3. The molecule has 2 unspecified atom stereocenters. The summed E-state index contributed by atoms with van der Waals surface area (Å²) in [6.45, 7) is 10.2. The molecule has 0 aromatic heterocycles. The van der Waals surface area contributed by atoms with E-state index in [-0.39, 0.29) is 34.0 Å². The number of nitrogens with zero attached hydrogens (tertiary/aromatic N) is 1. The van der Waals surface area contributed by atoms with Gasteiger partial charge in [-0.25, -0.2) is 0 Å². The summed E-state index contributed by atoms with van der Waals surface area (Å²) in [6.07, 6.45) is 5.90. The smallest absolute Gasteiger partial charge is 0.176 e. The highest BCUT2D eigenvalue weighted by atomic mass is 16.3. The first-order valence-corrected chi connectivity index (χ1v) is 7.99. The molecule has 3 heteroatoms. The van der Waals surface area contributed by atoms with Crippen LogP contribution in [-0.4, -0.2) is 17.0 Å². The van der Waals surface area contributed by atoms with Crippen molar-refractivity contribution < 1.29 is 9.90 Å². The standard InChI is InChI=1S/C19H23NO2/c1-11-7-15-18(3,16(21)8-11)6-5-14-12(2)17(22)13(10-20)9-19(14,15)4/h7,9,12,14,16,21H,1,5-6,8H2,2-4H3/t12-,14?,16-,18?,19+/m1/s1. The lowest BCUT2D eigenvalue weighted by molar-refractivity contribution is -0.123. The topological polar surface area (TPSA) is 61.1 Å². The quantitative estimate of drug-likeness (QED) is 0.746. The van der Waals surface area contributed by atoms with Gasteiger partial charge in [-0.05, 0) is 25.2 Å². The van der Waals surface area contributed by atoms with Gasteiger partial charge < -0.3 is 5.11 Å². The van der Waals surface area contributed by atoms with Gasteiger partial charge in [0.2, 0.25) is 0 Å². The number of allylic oxidation sites excluding steroid dienone is 3. The van der Waals surface area contributed by atoms with E-state index in [1.54, 1.807) is 0 Å². The predicted octanol–water partition coefficient (Wildman–Crippen LogP) is 3.32. The summed E-state index contributed by atoms with van der Waals surface area (Å²) in [5, 5.41) is 19.9. The number of carbonyl (C=O) groups excluding carboxylic acids is 1. The third-order valence-electron chi connectivity index (χ3n) is 6.33. The molecule has 0 aromatic rings. The van der Waals surface area contributed by atoms with Crippen LogP contribution in [0.4, 0.5) is 0 Å². The van der Waals surface area contributed by atoms with Crippen molar-refractivity contribution in [1.29, 1.82) is 5.26 Å². The second-order valence-corrected chi connectivity index (χ2v) is 7.60. The minimum absolute atomic E-state index is 0.0376. The Kier molecular flexibility index (Phi) is 3.23. The Morgan fingerprint density at radius 3 is 2.77 bits per heavy atom. The van der Waals surface area contributed by atoms with E-state index in [1.807, 2.05) is 13.0 Å². The lowest BCUT2D eigenvalue weighted by atomic mass is 9.47. The zero-order valence-electron chi connectivity index (χ0n) is 13.5. The highest BCUT2D eigenvalue weighted by Gasteiger charge is 2.56. The number of rotatable bonds is 0. The van der Waals surface area contributed by atoms with Crippen LogP contribution in [0.1, 0.15) is 40.0 Å². The molecule has 0 spiro atoms. The summed E-state index contributed by atoms with van der Waals surface area (Å²) in [4.78, 5) is 12.3. The number of hydrogen-bond donors (Lipinski definition) is 1. The van der Waals surface area contributed by atoms with Crippen molar-refractivity contribution in [3.8, 4) is 6.07 Å². The third kappa shape index (κ3) is 1.80. The molecule has 116 valence electrons. The van der Waals surface area contributed by atoms with Crippen molar-refractivity contribution in [3.63, 3.8) is 0 Å². The van der Waals surface area contributed by atoms with E-state index in [0.29, 0.717) is 6.42 Å². The minimum atomic E-state index is -0.440. The van der Waals surface area contributed by atoms with Crippen LogP contribution in [0.25, 0.3) is 0 Å². The van der Waals surface area contributed by atoms with Gasteiger partial charge in [0.1, 0.15) is 6.07 Å². The van der Waals surface area contributed by atoms with Gasteiger partial charge in [0.15, 0.2) is 5.78 Å². The number of nitriles is 1. The number of ketones is 1. The van der Waals surface area contributed by atoms with Crippen molar-refractivity contribution in [2.45, 2.75) is 46.1 Å². The molecule has 3 rings (SSSR count). The van der Waals surface area contributed by atoms with E-state index in [2.05, 4.69) is 32.6 Å². The molecule has 5 atom stereocenters. The molecular formula is C19H23NO2. The Labute approximate surface area is 132 Å². The Morgan fingerprint density at radius 2 is 2.14 bits per heavy atom. The summed E-state index contributed by atoms with van der Waals surface area (Å²) in [6, 6.07) is 2.07. The summed E-state index contributed by atoms with van der Waals surface area (Å²) in [7, 11) is 0. The van der Waals surface area contributed by atoms with Crippen LogP contribution >= 0.6 is 0 Å². The van der Waals surface area contributed by atoms with Crippen LogP contribution < -0.4 is 0 Å². The van der Waals surface area contributed by atoms with Gasteiger partial charge >= 0.3 is 0 Å². The van der Waals surface area contributed by atoms with Crippen LogP contribution in [-0.2, 0) is 4.79 Å². The number of fused-ring (bicyclic) bond motifs is 3. The molecule has 1 fully saturated rings. The Hall–Kier alpha value is -1.66. The van der Waals surface area contributed by atoms with E-state index in [1.165, 1.54) is 0 Å². The first-order valence-electron chi connectivity index (χ1n) is 7.99. The highest BCUT2D eigenvalue weighted by molar-refractivity contribution is 6.02. The lowest BCUT2D eigenvalue weighted by Crippen LogP contribution is -2.52. The second-order valence-electron chi connectivity index (χ2n) is 7.60. The maximum Gasteiger partial charge on any atom is 0.176 e. The number of hydrogen-bond acceptors (Lipinski definition) is 3. The number of aliphatic hydroxyl groups excluding tert-OH is 1. The third-order valence-corrected chi connectivity index (χ3v) is 6.33. The monoisotopic (exact) mass is 297 g/mol.